The van der Waals surface area contributed by atoms with Crippen LogP contribution in [-0.2, 0) is 16.6 Å². The Labute approximate surface area is 182 Å². The molecule has 1 heterocycles. The largest absolute Gasteiger partial charge is 0.339 e. The highest BCUT2D eigenvalue weighted by atomic mass is 35.5. The Bertz CT molecular complexity index is 950. The lowest BCUT2D eigenvalue weighted by atomic mass is 10.1. The van der Waals surface area contributed by atoms with Gasteiger partial charge in [0.1, 0.15) is 0 Å². The molecule has 0 radical (unpaired) electrons. The molecule has 1 fully saturated rings. The zero-order valence-corrected chi connectivity index (χ0v) is 18.6. The normalized spacial score (nSPS) is 15.1. The number of halogens is 2. The summed E-state index contributed by atoms with van der Waals surface area (Å²) >= 11 is 12.4. The molecule has 3 rings (SSSR count). The van der Waals surface area contributed by atoms with Crippen molar-refractivity contribution in [2.75, 3.05) is 23.7 Å². The fourth-order valence-electron chi connectivity index (χ4n) is 3.45. The minimum Gasteiger partial charge on any atom is -0.339 e. The van der Waals surface area contributed by atoms with E-state index in [1.807, 2.05) is 4.90 Å². The van der Waals surface area contributed by atoms with Crippen molar-refractivity contribution >= 4 is 44.8 Å². The summed E-state index contributed by atoms with van der Waals surface area (Å²) in [7, 11) is -3.59. The Morgan fingerprint density at radius 1 is 0.966 bits per heavy atom. The predicted octanol–water partition coefficient (Wildman–Crippen LogP) is 4.98. The van der Waals surface area contributed by atoms with Gasteiger partial charge < -0.3 is 4.90 Å². The number of anilines is 1. The molecule has 0 unspecified atom stereocenters. The number of hydrogen-bond acceptors (Lipinski definition) is 3. The zero-order chi connectivity index (χ0) is 21.0. The minimum atomic E-state index is -3.59. The highest BCUT2D eigenvalue weighted by Crippen LogP contribution is 2.29. The number of hydrogen-bond donors (Lipinski definition) is 0. The van der Waals surface area contributed by atoms with E-state index in [2.05, 4.69) is 0 Å². The Morgan fingerprint density at radius 2 is 1.52 bits per heavy atom. The number of carbonyl (C=O) groups excluding carboxylic acids is 1. The third kappa shape index (κ3) is 5.44. The first-order valence-corrected chi connectivity index (χ1v) is 12.2. The van der Waals surface area contributed by atoms with Crippen LogP contribution in [0, 0.1) is 0 Å². The molecule has 1 aliphatic rings. The first-order chi connectivity index (χ1) is 13.8. The Kier molecular flexibility index (Phi) is 7.09. The lowest BCUT2D eigenvalue weighted by molar-refractivity contribution is 0.0761. The van der Waals surface area contributed by atoms with E-state index < -0.39 is 10.0 Å². The van der Waals surface area contributed by atoms with E-state index in [1.54, 1.807) is 42.5 Å². The van der Waals surface area contributed by atoms with Crippen molar-refractivity contribution in [1.29, 1.82) is 0 Å². The Morgan fingerprint density at radius 3 is 2.03 bits per heavy atom. The molecule has 29 heavy (non-hydrogen) atoms. The second-order valence-electron chi connectivity index (χ2n) is 7.22. The van der Waals surface area contributed by atoms with Crippen LogP contribution in [0.4, 0.5) is 5.69 Å². The van der Waals surface area contributed by atoms with Gasteiger partial charge >= 0.3 is 0 Å². The number of rotatable bonds is 5. The van der Waals surface area contributed by atoms with Crippen LogP contribution < -0.4 is 4.31 Å². The molecule has 0 aromatic heterocycles. The molecule has 1 aliphatic heterocycles. The van der Waals surface area contributed by atoms with Gasteiger partial charge in [-0.3, -0.25) is 9.10 Å². The van der Waals surface area contributed by atoms with Gasteiger partial charge in [0, 0.05) is 34.3 Å². The van der Waals surface area contributed by atoms with Crippen molar-refractivity contribution < 1.29 is 13.2 Å². The molecule has 0 atom stereocenters. The maximum atomic E-state index is 12.8. The number of amides is 1. The van der Waals surface area contributed by atoms with E-state index in [0.717, 1.165) is 45.0 Å². The number of likely N-dealkylation sites (tertiary alicyclic amines) is 1. The van der Waals surface area contributed by atoms with Gasteiger partial charge in [0.25, 0.3) is 5.91 Å². The van der Waals surface area contributed by atoms with Crippen LogP contribution in [0.25, 0.3) is 0 Å². The molecule has 1 amide bonds. The maximum absolute atomic E-state index is 12.8. The summed E-state index contributed by atoms with van der Waals surface area (Å²) in [5, 5.41) is 0.804. The smallest absolute Gasteiger partial charge is 0.253 e. The molecule has 5 nitrogen and oxygen atoms in total. The molecule has 0 N–H and O–H groups in total. The SMILES string of the molecule is CS(=O)(=O)N(Cc1c(Cl)cccc1Cl)c1ccc(C(=O)N2CCCCCC2)cc1. The molecule has 8 heteroatoms. The summed E-state index contributed by atoms with van der Waals surface area (Å²) in [6.07, 6.45) is 5.47. The monoisotopic (exact) mass is 454 g/mol. The number of sulfonamides is 1. The minimum absolute atomic E-state index is 0.0107. The second-order valence-corrected chi connectivity index (χ2v) is 9.94. The van der Waals surface area contributed by atoms with E-state index in [9.17, 15) is 13.2 Å². The molecule has 0 saturated carbocycles. The van der Waals surface area contributed by atoms with Gasteiger partial charge in [-0.1, -0.05) is 42.1 Å². The van der Waals surface area contributed by atoms with Crippen LogP contribution in [0.5, 0.6) is 0 Å². The molecule has 2 aromatic carbocycles. The fraction of sp³-hybridized carbons (Fsp3) is 0.381. The van der Waals surface area contributed by atoms with Crippen molar-refractivity contribution in [2.45, 2.75) is 32.2 Å². The van der Waals surface area contributed by atoms with Crippen LogP contribution >= 0.6 is 23.2 Å². The first-order valence-electron chi connectivity index (χ1n) is 9.57. The van der Waals surface area contributed by atoms with Gasteiger partial charge in [0.15, 0.2) is 0 Å². The molecule has 0 aliphatic carbocycles. The van der Waals surface area contributed by atoms with Crippen molar-refractivity contribution in [2.24, 2.45) is 0 Å². The quantitative estimate of drug-likeness (QED) is 0.639. The summed E-state index contributed by atoms with van der Waals surface area (Å²) in [6, 6.07) is 11.7. The lowest BCUT2D eigenvalue weighted by Crippen LogP contribution is -2.32. The molecular formula is C21H24Cl2N2O3S. The van der Waals surface area contributed by atoms with Crippen molar-refractivity contribution in [3.63, 3.8) is 0 Å². The summed E-state index contributed by atoms with van der Waals surface area (Å²) in [6.45, 7) is 1.54. The lowest BCUT2D eigenvalue weighted by Gasteiger charge is -2.24. The standard InChI is InChI=1S/C21H24Cl2N2O3S/c1-29(27,28)25(15-18-19(22)7-6-8-20(18)23)17-11-9-16(10-12-17)21(26)24-13-4-2-3-5-14-24/h6-12H,2-5,13-15H2,1H3. The predicted molar refractivity (Wildman–Crippen MR) is 118 cm³/mol. The number of carbonyl (C=O) groups is 1. The Hall–Kier alpha value is -1.76. The Balaban J connectivity index is 1.85. The van der Waals surface area contributed by atoms with Crippen molar-refractivity contribution in [3.8, 4) is 0 Å². The summed E-state index contributed by atoms with van der Waals surface area (Å²) in [5.74, 6) is -0.0153. The third-order valence-corrected chi connectivity index (χ3v) is 6.91. The maximum Gasteiger partial charge on any atom is 0.253 e. The summed E-state index contributed by atoms with van der Waals surface area (Å²) in [5.41, 5.74) is 1.54. The van der Waals surface area contributed by atoms with Crippen LogP contribution in [0.3, 0.4) is 0 Å². The summed E-state index contributed by atoms with van der Waals surface area (Å²) < 4.78 is 26.1. The van der Waals surface area contributed by atoms with Crippen molar-refractivity contribution in [3.05, 3.63) is 63.6 Å². The zero-order valence-electron chi connectivity index (χ0n) is 16.3. The van der Waals surface area contributed by atoms with Crippen LogP contribution in [0.15, 0.2) is 42.5 Å². The number of nitrogens with zero attached hydrogens (tertiary/aromatic N) is 2. The van der Waals surface area contributed by atoms with Crippen LogP contribution in [0.2, 0.25) is 10.0 Å². The topological polar surface area (TPSA) is 57.7 Å². The molecule has 156 valence electrons. The van der Waals surface area contributed by atoms with Gasteiger partial charge in [-0.25, -0.2) is 8.42 Å². The second kappa shape index (κ2) is 9.37. The highest BCUT2D eigenvalue weighted by molar-refractivity contribution is 7.92. The van der Waals surface area contributed by atoms with E-state index in [1.165, 1.54) is 4.31 Å². The highest BCUT2D eigenvalue weighted by Gasteiger charge is 2.22. The van der Waals surface area contributed by atoms with Gasteiger partial charge in [0.2, 0.25) is 10.0 Å². The average molecular weight is 455 g/mol. The third-order valence-electron chi connectivity index (χ3n) is 5.06. The summed E-state index contributed by atoms with van der Waals surface area (Å²) in [4.78, 5) is 14.6. The van der Waals surface area contributed by atoms with Gasteiger partial charge in [-0.15, -0.1) is 0 Å². The van der Waals surface area contributed by atoms with E-state index in [-0.39, 0.29) is 12.5 Å². The average Bonchev–Trinajstić information content (AvgIpc) is 2.96. The first kappa shape index (κ1) is 21.9. The number of benzene rings is 2. The fourth-order valence-corrected chi connectivity index (χ4v) is 4.84. The van der Waals surface area contributed by atoms with Crippen LogP contribution in [0.1, 0.15) is 41.6 Å². The molecular weight excluding hydrogens is 431 g/mol. The van der Waals surface area contributed by atoms with E-state index in [0.29, 0.717) is 26.9 Å². The molecule has 0 spiro atoms. The molecule has 2 aromatic rings. The van der Waals surface area contributed by atoms with E-state index >= 15 is 0 Å². The molecule has 1 saturated heterocycles. The van der Waals surface area contributed by atoms with Gasteiger partial charge in [-0.2, -0.15) is 0 Å². The van der Waals surface area contributed by atoms with Crippen LogP contribution in [-0.4, -0.2) is 38.6 Å². The van der Waals surface area contributed by atoms with E-state index in [4.69, 9.17) is 23.2 Å². The van der Waals surface area contributed by atoms with Gasteiger partial charge in [-0.05, 0) is 49.2 Å². The van der Waals surface area contributed by atoms with Crippen molar-refractivity contribution in [1.82, 2.24) is 4.90 Å². The molecule has 0 bridgehead atoms. The van der Waals surface area contributed by atoms with Gasteiger partial charge in [0.05, 0.1) is 18.5 Å².